The minimum atomic E-state index is -0.902. The van der Waals surface area contributed by atoms with Gasteiger partial charge in [0.1, 0.15) is 9.88 Å². The maximum atomic E-state index is 11.3. The van der Waals surface area contributed by atoms with Crippen molar-refractivity contribution in [2.45, 2.75) is 40.2 Å². The second kappa shape index (κ2) is 5.75. The number of carboxylic acid groups (broad SMARTS) is 1. The maximum Gasteiger partial charge on any atom is 0.347 e. The zero-order chi connectivity index (χ0) is 14.9. The van der Waals surface area contributed by atoms with E-state index < -0.39 is 5.97 Å². The molecule has 2 rings (SSSR count). The van der Waals surface area contributed by atoms with E-state index in [4.69, 9.17) is 0 Å². The van der Waals surface area contributed by atoms with Gasteiger partial charge < -0.3 is 5.11 Å². The molecule has 0 spiro atoms. The lowest BCUT2D eigenvalue weighted by Crippen LogP contribution is -2.02. The first-order valence-corrected chi connectivity index (χ1v) is 7.47. The molecule has 2 aromatic rings. The standard InChI is InChI=1S/C14H19N3O2S/c1-8(2)5-11-12(14(18)19)20-13(16-11)10-6-15-17(7-10)9(3)4/h6-9H,5H2,1-4H3,(H,18,19). The predicted molar refractivity (Wildman–Crippen MR) is 79.2 cm³/mol. The maximum absolute atomic E-state index is 11.3. The van der Waals surface area contributed by atoms with E-state index in [0.717, 1.165) is 10.6 Å². The van der Waals surface area contributed by atoms with Gasteiger partial charge in [-0.15, -0.1) is 11.3 Å². The number of carbonyl (C=O) groups is 1. The van der Waals surface area contributed by atoms with Crippen molar-refractivity contribution >= 4 is 17.3 Å². The van der Waals surface area contributed by atoms with Crippen LogP contribution in [0.2, 0.25) is 0 Å². The molecule has 0 amide bonds. The number of nitrogens with zero attached hydrogens (tertiary/aromatic N) is 3. The van der Waals surface area contributed by atoms with Gasteiger partial charge in [-0.3, -0.25) is 4.68 Å². The lowest BCUT2D eigenvalue weighted by Gasteiger charge is -2.02. The van der Waals surface area contributed by atoms with Gasteiger partial charge in [-0.1, -0.05) is 13.8 Å². The molecule has 0 aromatic carbocycles. The van der Waals surface area contributed by atoms with Crippen LogP contribution in [0.25, 0.3) is 10.6 Å². The van der Waals surface area contributed by atoms with Crippen LogP contribution in [0.4, 0.5) is 0 Å². The van der Waals surface area contributed by atoms with Gasteiger partial charge >= 0.3 is 5.97 Å². The molecule has 0 unspecified atom stereocenters. The van der Waals surface area contributed by atoms with Crippen LogP contribution >= 0.6 is 11.3 Å². The molecule has 0 radical (unpaired) electrons. The number of thiazole rings is 1. The van der Waals surface area contributed by atoms with Crippen molar-refractivity contribution in [3.63, 3.8) is 0 Å². The highest BCUT2D eigenvalue weighted by molar-refractivity contribution is 7.17. The van der Waals surface area contributed by atoms with Gasteiger partial charge in [0.05, 0.1) is 11.9 Å². The van der Waals surface area contributed by atoms with E-state index in [1.807, 2.05) is 24.7 Å². The largest absolute Gasteiger partial charge is 0.477 e. The van der Waals surface area contributed by atoms with E-state index in [1.165, 1.54) is 11.3 Å². The van der Waals surface area contributed by atoms with Crippen molar-refractivity contribution in [3.05, 3.63) is 23.0 Å². The van der Waals surface area contributed by atoms with Gasteiger partial charge in [0, 0.05) is 17.8 Å². The fraction of sp³-hybridized carbons (Fsp3) is 0.500. The molecule has 108 valence electrons. The molecule has 0 aliphatic carbocycles. The van der Waals surface area contributed by atoms with Crippen LogP contribution in [0.3, 0.4) is 0 Å². The summed E-state index contributed by atoms with van der Waals surface area (Å²) in [7, 11) is 0. The highest BCUT2D eigenvalue weighted by atomic mass is 32.1. The zero-order valence-electron chi connectivity index (χ0n) is 12.1. The van der Waals surface area contributed by atoms with Crippen molar-refractivity contribution in [2.24, 2.45) is 5.92 Å². The van der Waals surface area contributed by atoms with Gasteiger partial charge in [-0.2, -0.15) is 5.10 Å². The molecule has 0 saturated heterocycles. The van der Waals surface area contributed by atoms with Crippen LogP contribution in [0.15, 0.2) is 12.4 Å². The summed E-state index contributed by atoms with van der Waals surface area (Å²) >= 11 is 1.22. The first-order valence-electron chi connectivity index (χ1n) is 6.66. The summed E-state index contributed by atoms with van der Waals surface area (Å²) in [4.78, 5) is 16.1. The lowest BCUT2D eigenvalue weighted by molar-refractivity contribution is 0.0700. The Hall–Kier alpha value is -1.69. The summed E-state index contributed by atoms with van der Waals surface area (Å²) in [6.07, 6.45) is 4.33. The van der Waals surface area contributed by atoms with Crippen LogP contribution < -0.4 is 0 Å². The lowest BCUT2D eigenvalue weighted by atomic mass is 10.1. The first kappa shape index (κ1) is 14.7. The average Bonchev–Trinajstić information content (AvgIpc) is 2.93. The van der Waals surface area contributed by atoms with Crippen molar-refractivity contribution < 1.29 is 9.90 Å². The van der Waals surface area contributed by atoms with Crippen LogP contribution in [0, 0.1) is 5.92 Å². The predicted octanol–water partition coefficient (Wildman–Crippen LogP) is 3.48. The topological polar surface area (TPSA) is 68.0 Å². The van der Waals surface area contributed by atoms with Crippen molar-refractivity contribution in [1.82, 2.24) is 14.8 Å². The minimum Gasteiger partial charge on any atom is -0.477 e. The first-order chi connectivity index (χ1) is 9.38. The highest BCUT2D eigenvalue weighted by Gasteiger charge is 2.19. The fourth-order valence-electron chi connectivity index (χ4n) is 1.90. The second-order valence-electron chi connectivity index (χ2n) is 5.50. The number of hydrogen-bond acceptors (Lipinski definition) is 4. The third-order valence-electron chi connectivity index (χ3n) is 2.87. The Balaban J connectivity index is 2.38. The normalized spacial score (nSPS) is 11.5. The van der Waals surface area contributed by atoms with E-state index in [1.54, 1.807) is 6.20 Å². The number of carboxylic acids is 1. The number of rotatable bonds is 5. The van der Waals surface area contributed by atoms with E-state index in [-0.39, 0.29) is 6.04 Å². The Morgan fingerprint density at radius 3 is 2.60 bits per heavy atom. The van der Waals surface area contributed by atoms with E-state index >= 15 is 0 Å². The van der Waals surface area contributed by atoms with Crippen LogP contribution in [0.5, 0.6) is 0 Å². The average molecular weight is 293 g/mol. The Morgan fingerprint density at radius 1 is 1.40 bits per heavy atom. The highest BCUT2D eigenvalue weighted by Crippen LogP contribution is 2.29. The van der Waals surface area contributed by atoms with Crippen LogP contribution in [-0.4, -0.2) is 25.8 Å². The summed E-state index contributed by atoms with van der Waals surface area (Å²) in [5, 5.41) is 14.3. The smallest absolute Gasteiger partial charge is 0.347 e. The minimum absolute atomic E-state index is 0.276. The molecule has 0 atom stereocenters. The van der Waals surface area contributed by atoms with Gasteiger partial charge in [-0.25, -0.2) is 9.78 Å². The molecular weight excluding hydrogens is 274 g/mol. The Bertz CT molecular complexity index is 614. The Labute approximate surface area is 122 Å². The molecule has 0 bridgehead atoms. The van der Waals surface area contributed by atoms with Crippen molar-refractivity contribution in [2.75, 3.05) is 0 Å². The van der Waals surface area contributed by atoms with Crippen LogP contribution in [-0.2, 0) is 6.42 Å². The molecule has 2 heterocycles. The second-order valence-corrected chi connectivity index (χ2v) is 6.50. The Kier molecular flexibility index (Phi) is 4.23. The van der Waals surface area contributed by atoms with Crippen LogP contribution in [0.1, 0.15) is 49.1 Å². The van der Waals surface area contributed by atoms with Gasteiger partial charge in [0.25, 0.3) is 0 Å². The fourth-order valence-corrected chi connectivity index (χ4v) is 2.80. The molecule has 0 aliphatic heterocycles. The van der Waals surface area contributed by atoms with Gasteiger partial charge in [0.15, 0.2) is 0 Å². The summed E-state index contributed by atoms with van der Waals surface area (Å²) in [5.74, 6) is -0.526. The van der Waals surface area contributed by atoms with E-state index in [2.05, 4.69) is 23.9 Å². The SMILES string of the molecule is CC(C)Cc1nc(-c2cnn(C(C)C)c2)sc1C(=O)O. The summed E-state index contributed by atoms with van der Waals surface area (Å²) < 4.78 is 1.85. The summed E-state index contributed by atoms with van der Waals surface area (Å²) in [6, 6.07) is 0.276. The molecular formula is C14H19N3O2S. The number of aromatic nitrogens is 3. The molecule has 5 nitrogen and oxygen atoms in total. The summed E-state index contributed by atoms with van der Waals surface area (Å²) in [6.45, 7) is 8.21. The monoisotopic (exact) mass is 293 g/mol. The Morgan fingerprint density at radius 2 is 2.10 bits per heavy atom. The third kappa shape index (κ3) is 3.07. The van der Waals surface area contributed by atoms with Gasteiger partial charge in [-0.05, 0) is 26.2 Å². The quantitative estimate of drug-likeness (QED) is 0.916. The van der Waals surface area contributed by atoms with Crippen molar-refractivity contribution in [3.8, 4) is 10.6 Å². The molecule has 6 heteroatoms. The third-order valence-corrected chi connectivity index (χ3v) is 4.01. The molecule has 0 saturated carbocycles. The number of hydrogen-bond donors (Lipinski definition) is 1. The molecule has 1 N–H and O–H groups in total. The van der Waals surface area contributed by atoms with Gasteiger partial charge in [0.2, 0.25) is 0 Å². The summed E-state index contributed by atoms with van der Waals surface area (Å²) in [5.41, 5.74) is 1.55. The molecule has 0 aliphatic rings. The number of aromatic carboxylic acids is 1. The molecule has 20 heavy (non-hydrogen) atoms. The molecule has 0 fully saturated rings. The van der Waals surface area contributed by atoms with E-state index in [9.17, 15) is 9.90 Å². The van der Waals surface area contributed by atoms with Crippen molar-refractivity contribution in [1.29, 1.82) is 0 Å². The molecule has 2 aromatic heterocycles. The van der Waals surface area contributed by atoms with E-state index in [0.29, 0.717) is 22.9 Å². The zero-order valence-corrected chi connectivity index (χ0v) is 12.9.